The number of carbonyl (C=O) groups is 1. The number of hydrogen-bond donors (Lipinski definition) is 1. The van der Waals surface area contributed by atoms with Crippen molar-refractivity contribution < 1.29 is 9.90 Å². The zero-order chi connectivity index (χ0) is 18.9. The van der Waals surface area contributed by atoms with Gasteiger partial charge in [-0.25, -0.2) is 0 Å². The van der Waals surface area contributed by atoms with Gasteiger partial charge in [-0.15, -0.1) is 0 Å². The summed E-state index contributed by atoms with van der Waals surface area (Å²) in [5.41, 5.74) is 2.88. The predicted octanol–water partition coefficient (Wildman–Crippen LogP) is 6.47. The fraction of sp³-hybridized carbons (Fsp3) is 0.696. The van der Waals surface area contributed by atoms with E-state index in [0.717, 1.165) is 36.8 Å². The van der Waals surface area contributed by atoms with Crippen LogP contribution in [0.5, 0.6) is 0 Å². The molecule has 0 amide bonds. The van der Waals surface area contributed by atoms with Crippen molar-refractivity contribution in [2.75, 3.05) is 0 Å². The Kier molecular flexibility index (Phi) is 9.42. The summed E-state index contributed by atoms with van der Waals surface area (Å²) in [4.78, 5) is 13.2. The Morgan fingerprint density at radius 3 is 1.84 bits per heavy atom. The SMILES string of the molecule is CCCCCCC(O)(CCCCCC)C(=O)c1ccc(C)c(C)c1C. The molecule has 0 radical (unpaired) electrons. The number of unbranched alkanes of at least 4 members (excludes halogenated alkanes) is 6. The van der Waals surface area contributed by atoms with Crippen LogP contribution in [0.25, 0.3) is 0 Å². The number of aryl methyl sites for hydroxylation is 1. The molecular formula is C23H38O2. The summed E-state index contributed by atoms with van der Waals surface area (Å²) < 4.78 is 0. The summed E-state index contributed by atoms with van der Waals surface area (Å²) in [6.07, 6.45) is 9.87. The lowest BCUT2D eigenvalue weighted by Gasteiger charge is -2.28. The van der Waals surface area contributed by atoms with Gasteiger partial charge in [0.15, 0.2) is 5.78 Å². The lowest BCUT2D eigenvalue weighted by atomic mass is 9.81. The molecule has 25 heavy (non-hydrogen) atoms. The highest BCUT2D eigenvalue weighted by Crippen LogP contribution is 2.29. The van der Waals surface area contributed by atoms with Crippen LogP contribution in [0, 0.1) is 20.8 Å². The van der Waals surface area contributed by atoms with Gasteiger partial charge in [0, 0.05) is 5.56 Å². The fourth-order valence-corrected chi connectivity index (χ4v) is 3.49. The van der Waals surface area contributed by atoms with E-state index in [4.69, 9.17) is 0 Å². The van der Waals surface area contributed by atoms with Crippen LogP contribution in [-0.2, 0) is 0 Å². The van der Waals surface area contributed by atoms with Gasteiger partial charge in [-0.1, -0.05) is 77.3 Å². The Bertz CT molecular complexity index is 533. The molecule has 2 heteroatoms. The smallest absolute Gasteiger partial charge is 0.194 e. The van der Waals surface area contributed by atoms with E-state index in [1.165, 1.54) is 31.2 Å². The molecule has 0 saturated carbocycles. The van der Waals surface area contributed by atoms with Gasteiger partial charge in [-0.05, 0) is 50.3 Å². The molecule has 0 heterocycles. The molecule has 0 bridgehead atoms. The Morgan fingerprint density at radius 2 is 1.36 bits per heavy atom. The highest BCUT2D eigenvalue weighted by Gasteiger charge is 2.36. The largest absolute Gasteiger partial charge is 0.382 e. The van der Waals surface area contributed by atoms with Gasteiger partial charge in [0.05, 0.1) is 0 Å². The molecule has 0 aliphatic rings. The third-order valence-corrected chi connectivity index (χ3v) is 5.61. The van der Waals surface area contributed by atoms with Crippen LogP contribution in [0.4, 0.5) is 0 Å². The highest BCUT2D eigenvalue weighted by atomic mass is 16.3. The maximum atomic E-state index is 13.2. The van der Waals surface area contributed by atoms with Crippen LogP contribution >= 0.6 is 0 Å². The number of hydrogen-bond acceptors (Lipinski definition) is 2. The summed E-state index contributed by atoms with van der Waals surface area (Å²) in [6.45, 7) is 10.5. The number of carbonyl (C=O) groups excluding carboxylic acids is 1. The molecule has 0 spiro atoms. The summed E-state index contributed by atoms with van der Waals surface area (Å²) in [7, 11) is 0. The van der Waals surface area contributed by atoms with Crippen molar-refractivity contribution in [2.24, 2.45) is 0 Å². The van der Waals surface area contributed by atoms with Gasteiger partial charge in [-0.2, -0.15) is 0 Å². The van der Waals surface area contributed by atoms with E-state index in [0.29, 0.717) is 18.4 Å². The van der Waals surface area contributed by atoms with Crippen LogP contribution in [0.15, 0.2) is 12.1 Å². The monoisotopic (exact) mass is 346 g/mol. The summed E-state index contributed by atoms with van der Waals surface area (Å²) in [6, 6.07) is 3.91. The van der Waals surface area contributed by atoms with Gasteiger partial charge in [-0.3, -0.25) is 4.79 Å². The van der Waals surface area contributed by atoms with E-state index in [1.54, 1.807) is 0 Å². The summed E-state index contributed by atoms with van der Waals surface area (Å²) in [5.74, 6) is -0.0684. The number of rotatable bonds is 12. The Balaban J connectivity index is 2.95. The lowest BCUT2D eigenvalue weighted by Crippen LogP contribution is -2.39. The number of ketones is 1. The van der Waals surface area contributed by atoms with Crippen LogP contribution in [0.1, 0.15) is 105 Å². The first-order valence-corrected chi connectivity index (χ1v) is 10.2. The quantitative estimate of drug-likeness (QED) is 0.348. The first kappa shape index (κ1) is 21.9. The van der Waals surface area contributed by atoms with Crippen molar-refractivity contribution in [3.63, 3.8) is 0 Å². The minimum absolute atomic E-state index is 0.0684. The van der Waals surface area contributed by atoms with Crippen molar-refractivity contribution in [3.8, 4) is 0 Å². The molecule has 1 aromatic carbocycles. The molecule has 1 N–H and O–H groups in total. The molecule has 142 valence electrons. The van der Waals surface area contributed by atoms with Crippen LogP contribution in [0.3, 0.4) is 0 Å². The average molecular weight is 347 g/mol. The van der Waals surface area contributed by atoms with Gasteiger partial charge >= 0.3 is 0 Å². The van der Waals surface area contributed by atoms with Gasteiger partial charge in [0.1, 0.15) is 5.60 Å². The standard InChI is InChI=1S/C23H38O2/c1-6-8-10-12-16-23(25,17-13-11-9-7-2)22(24)21-15-14-18(3)19(4)20(21)5/h14-15,25H,6-13,16-17H2,1-5H3. The van der Waals surface area contributed by atoms with Crippen molar-refractivity contribution >= 4 is 5.78 Å². The number of aliphatic hydroxyl groups is 1. The predicted molar refractivity (Wildman–Crippen MR) is 107 cm³/mol. The van der Waals surface area contributed by atoms with E-state index in [1.807, 2.05) is 19.1 Å². The number of Topliss-reactive ketones (excluding diaryl/α,β-unsaturated/α-hetero) is 1. The topological polar surface area (TPSA) is 37.3 Å². The molecule has 2 nitrogen and oxygen atoms in total. The van der Waals surface area contributed by atoms with E-state index in [-0.39, 0.29) is 5.78 Å². The van der Waals surface area contributed by atoms with Crippen molar-refractivity contribution in [2.45, 2.75) is 104 Å². The minimum atomic E-state index is -1.20. The average Bonchev–Trinajstić information content (AvgIpc) is 2.60. The molecule has 1 aromatic rings. The normalized spacial score (nSPS) is 11.8. The second-order valence-corrected chi connectivity index (χ2v) is 7.66. The van der Waals surface area contributed by atoms with Crippen LogP contribution in [-0.4, -0.2) is 16.5 Å². The maximum absolute atomic E-state index is 13.2. The molecule has 0 aliphatic heterocycles. The second-order valence-electron chi connectivity index (χ2n) is 7.66. The Morgan fingerprint density at radius 1 is 0.840 bits per heavy atom. The van der Waals surface area contributed by atoms with Crippen LogP contribution in [0.2, 0.25) is 0 Å². The minimum Gasteiger partial charge on any atom is -0.382 e. The first-order valence-electron chi connectivity index (χ1n) is 10.2. The highest BCUT2D eigenvalue weighted by molar-refractivity contribution is 6.03. The summed E-state index contributed by atoms with van der Waals surface area (Å²) in [5, 5.41) is 11.3. The molecule has 0 aromatic heterocycles. The van der Waals surface area contributed by atoms with Crippen molar-refractivity contribution in [1.29, 1.82) is 0 Å². The number of benzene rings is 1. The van der Waals surface area contributed by atoms with Crippen LogP contribution < -0.4 is 0 Å². The van der Waals surface area contributed by atoms with E-state index in [2.05, 4.69) is 27.7 Å². The fourth-order valence-electron chi connectivity index (χ4n) is 3.49. The van der Waals surface area contributed by atoms with E-state index < -0.39 is 5.60 Å². The maximum Gasteiger partial charge on any atom is 0.194 e. The van der Waals surface area contributed by atoms with Gasteiger partial charge in [0.25, 0.3) is 0 Å². The molecule has 0 fully saturated rings. The zero-order valence-corrected chi connectivity index (χ0v) is 17.1. The van der Waals surface area contributed by atoms with Gasteiger partial charge in [0.2, 0.25) is 0 Å². The lowest BCUT2D eigenvalue weighted by molar-refractivity contribution is 0.0197. The third kappa shape index (κ3) is 6.26. The summed E-state index contributed by atoms with van der Waals surface area (Å²) >= 11 is 0. The van der Waals surface area contributed by atoms with Crippen molar-refractivity contribution in [1.82, 2.24) is 0 Å². The first-order chi connectivity index (χ1) is 11.9. The molecule has 0 aliphatic carbocycles. The molecule has 0 atom stereocenters. The zero-order valence-electron chi connectivity index (χ0n) is 17.1. The third-order valence-electron chi connectivity index (χ3n) is 5.61. The van der Waals surface area contributed by atoms with E-state index in [9.17, 15) is 9.90 Å². The van der Waals surface area contributed by atoms with Crippen molar-refractivity contribution in [3.05, 3.63) is 34.4 Å². The second kappa shape index (κ2) is 10.8. The molecule has 0 unspecified atom stereocenters. The van der Waals surface area contributed by atoms with Gasteiger partial charge < -0.3 is 5.11 Å². The molecule has 1 rings (SSSR count). The molecular weight excluding hydrogens is 308 g/mol. The van der Waals surface area contributed by atoms with E-state index >= 15 is 0 Å². The Labute approximate surface area is 155 Å². The molecule has 0 saturated heterocycles. The Hall–Kier alpha value is -1.15.